The first kappa shape index (κ1) is 14.3. The zero-order valence-electron chi connectivity index (χ0n) is 13.1. The smallest absolute Gasteiger partial charge is 0.221 e. The number of nitrogens with zero attached hydrogens (tertiary/aromatic N) is 2. The van der Waals surface area contributed by atoms with Crippen molar-refractivity contribution in [2.24, 2.45) is 0 Å². The molecule has 4 rings (SSSR count). The van der Waals surface area contributed by atoms with Crippen LogP contribution < -0.4 is 10.5 Å². The lowest BCUT2D eigenvalue weighted by Crippen LogP contribution is -1.98. The molecule has 2 heterocycles. The molecular weight excluding hydrogens is 302 g/mol. The molecule has 2 N–H and O–H groups in total. The van der Waals surface area contributed by atoms with Crippen LogP contribution in [0.4, 0.5) is 5.95 Å². The lowest BCUT2D eigenvalue weighted by molar-refractivity contribution is 0.415. The Bertz CT molecular complexity index is 974. The van der Waals surface area contributed by atoms with Gasteiger partial charge in [0.1, 0.15) is 17.0 Å². The monoisotopic (exact) mass is 317 g/mol. The Morgan fingerprint density at radius 2 is 1.67 bits per heavy atom. The van der Waals surface area contributed by atoms with Crippen LogP contribution in [0.25, 0.3) is 33.7 Å². The Morgan fingerprint density at radius 3 is 2.42 bits per heavy atom. The van der Waals surface area contributed by atoms with Crippen molar-refractivity contribution in [3.63, 3.8) is 0 Å². The van der Waals surface area contributed by atoms with E-state index in [1.54, 1.807) is 7.11 Å². The largest absolute Gasteiger partial charge is 0.497 e. The Morgan fingerprint density at radius 1 is 0.917 bits per heavy atom. The fourth-order valence-electron chi connectivity index (χ4n) is 2.61. The van der Waals surface area contributed by atoms with Crippen molar-refractivity contribution in [2.75, 3.05) is 12.8 Å². The van der Waals surface area contributed by atoms with Gasteiger partial charge in [0.2, 0.25) is 5.95 Å². The van der Waals surface area contributed by atoms with E-state index in [0.717, 1.165) is 28.0 Å². The van der Waals surface area contributed by atoms with Gasteiger partial charge in [-0.05, 0) is 42.5 Å². The van der Waals surface area contributed by atoms with Crippen LogP contribution in [0.15, 0.2) is 65.1 Å². The minimum atomic E-state index is 0.207. The summed E-state index contributed by atoms with van der Waals surface area (Å²) >= 11 is 0. The fourth-order valence-corrected chi connectivity index (χ4v) is 2.61. The average molecular weight is 317 g/mol. The standard InChI is InChI=1S/C19H15N3O2/c1-23-14-8-6-12(7-9-14)15-11-16(22-19(20)21-15)18-10-13-4-2-3-5-17(13)24-18/h2-11H,1H3,(H2,20,21,22). The first-order chi connectivity index (χ1) is 11.7. The molecule has 0 aliphatic rings. The molecule has 2 aromatic carbocycles. The van der Waals surface area contributed by atoms with Gasteiger partial charge in [-0.2, -0.15) is 0 Å². The van der Waals surface area contributed by atoms with Crippen molar-refractivity contribution in [1.29, 1.82) is 0 Å². The van der Waals surface area contributed by atoms with E-state index in [4.69, 9.17) is 14.9 Å². The summed E-state index contributed by atoms with van der Waals surface area (Å²) in [4.78, 5) is 8.63. The second-order valence-corrected chi connectivity index (χ2v) is 5.37. The number of hydrogen-bond acceptors (Lipinski definition) is 5. The number of anilines is 1. The molecule has 0 saturated heterocycles. The van der Waals surface area contributed by atoms with Crippen molar-refractivity contribution in [3.05, 3.63) is 60.7 Å². The van der Waals surface area contributed by atoms with Crippen molar-refractivity contribution >= 4 is 16.9 Å². The minimum absolute atomic E-state index is 0.207. The maximum Gasteiger partial charge on any atom is 0.221 e. The molecule has 0 aliphatic heterocycles. The van der Waals surface area contributed by atoms with Crippen LogP contribution in [0, 0.1) is 0 Å². The predicted molar refractivity (Wildman–Crippen MR) is 93.6 cm³/mol. The zero-order valence-corrected chi connectivity index (χ0v) is 13.1. The molecule has 5 heteroatoms. The summed E-state index contributed by atoms with van der Waals surface area (Å²) < 4.78 is 11.1. The normalized spacial score (nSPS) is 10.9. The summed E-state index contributed by atoms with van der Waals surface area (Å²) in [7, 11) is 1.64. The maximum atomic E-state index is 5.90. The molecule has 5 nitrogen and oxygen atoms in total. The van der Waals surface area contributed by atoms with Crippen LogP contribution in [0.3, 0.4) is 0 Å². The maximum absolute atomic E-state index is 5.90. The molecular formula is C19H15N3O2. The van der Waals surface area contributed by atoms with E-state index in [9.17, 15) is 0 Å². The van der Waals surface area contributed by atoms with Gasteiger partial charge < -0.3 is 14.9 Å². The summed E-state index contributed by atoms with van der Waals surface area (Å²) in [5.74, 6) is 1.66. The van der Waals surface area contributed by atoms with E-state index in [-0.39, 0.29) is 5.95 Å². The molecule has 0 spiro atoms. The van der Waals surface area contributed by atoms with Gasteiger partial charge >= 0.3 is 0 Å². The first-order valence-corrected chi connectivity index (χ1v) is 7.51. The van der Waals surface area contributed by atoms with Gasteiger partial charge in [-0.15, -0.1) is 0 Å². The average Bonchev–Trinajstić information content (AvgIpc) is 3.05. The van der Waals surface area contributed by atoms with E-state index in [1.165, 1.54) is 0 Å². The number of fused-ring (bicyclic) bond motifs is 1. The van der Waals surface area contributed by atoms with Gasteiger partial charge in [-0.3, -0.25) is 0 Å². The topological polar surface area (TPSA) is 74.2 Å². The first-order valence-electron chi connectivity index (χ1n) is 7.51. The Hall–Kier alpha value is -3.34. The van der Waals surface area contributed by atoms with Gasteiger partial charge in [0.05, 0.1) is 12.8 Å². The third kappa shape index (κ3) is 2.56. The highest BCUT2D eigenvalue weighted by Gasteiger charge is 2.11. The number of aromatic nitrogens is 2. The highest BCUT2D eigenvalue weighted by Crippen LogP contribution is 2.29. The number of methoxy groups -OCH3 is 1. The van der Waals surface area contributed by atoms with Crippen LogP contribution >= 0.6 is 0 Å². The minimum Gasteiger partial charge on any atom is -0.497 e. The summed E-state index contributed by atoms with van der Waals surface area (Å²) in [6, 6.07) is 19.3. The second kappa shape index (κ2) is 5.70. The molecule has 118 valence electrons. The lowest BCUT2D eigenvalue weighted by Gasteiger charge is -2.05. The number of nitrogen functional groups attached to an aromatic ring is 1. The molecule has 2 aromatic heterocycles. The van der Waals surface area contributed by atoms with Crippen molar-refractivity contribution < 1.29 is 9.15 Å². The summed E-state index contributed by atoms with van der Waals surface area (Å²) in [5.41, 5.74) is 9.04. The third-order valence-electron chi connectivity index (χ3n) is 3.81. The predicted octanol–water partition coefficient (Wildman–Crippen LogP) is 4.15. The van der Waals surface area contributed by atoms with E-state index >= 15 is 0 Å². The molecule has 0 bridgehead atoms. The zero-order chi connectivity index (χ0) is 16.5. The highest BCUT2D eigenvalue weighted by atomic mass is 16.5. The molecule has 0 unspecified atom stereocenters. The second-order valence-electron chi connectivity index (χ2n) is 5.37. The molecule has 4 aromatic rings. The summed E-state index contributed by atoms with van der Waals surface area (Å²) in [6.07, 6.45) is 0. The SMILES string of the molecule is COc1ccc(-c2cc(-c3cc4ccccc4o3)nc(N)n2)cc1. The van der Waals surface area contributed by atoms with E-state index in [0.29, 0.717) is 11.5 Å². The third-order valence-corrected chi connectivity index (χ3v) is 3.81. The number of rotatable bonds is 3. The van der Waals surface area contributed by atoms with Crippen molar-refractivity contribution in [1.82, 2.24) is 9.97 Å². The Labute approximate surface area is 138 Å². The van der Waals surface area contributed by atoms with E-state index in [2.05, 4.69) is 9.97 Å². The number of nitrogens with two attached hydrogens (primary N) is 1. The molecule has 0 radical (unpaired) electrons. The molecule has 24 heavy (non-hydrogen) atoms. The summed E-state index contributed by atoms with van der Waals surface area (Å²) in [5, 5.41) is 1.02. The van der Waals surface area contributed by atoms with Crippen molar-refractivity contribution in [3.8, 4) is 28.5 Å². The van der Waals surface area contributed by atoms with Crippen LogP contribution in [0.5, 0.6) is 5.75 Å². The molecule has 0 saturated carbocycles. The summed E-state index contributed by atoms with van der Waals surface area (Å²) in [6.45, 7) is 0. The molecule has 0 aliphatic carbocycles. The molecule has 0 fully saturated rings. The molecule has 0 atom stereocenters. The number of hydrogen-bond donors (Lipinski definition) is 1. The Kier molecular flexibility index (Phi) is 3.39. The van der Waals surface area contributed by atoms with Crippen LogP contribution in [0.2, 0.25) is 0 Å². The lowest BCUT2D eigenvalue weighted by atomic mass is 10.1. The van der Waals surface area contributed by atoms with Crippen molar-refractivity contribution in [2.45, 2.75) is 0 Å². The highest BCUT2D eigenvalue weighted by molar-refractivity contribution is 5.82. The van der Waals surface area contributed by atoms with Crippen LogP contribution in [-0.4, -0.2) is 17.1 Å². The van der Waals surface area contributed by atoms with Gasteiger partial charge in [0.15, 0.2) is 5.76 Å². The fraction of sp³-hybridized carbons (Fsp3) is 0.0526. The number of benzene rings is 2. The quantitative estimate of drug-likeness (QED) is 0.614. The number of para-hydroxylation sites is 1. The van der Waals surface area contributed by atoms with Gasteiger partial charge in [0.25, 0.3) is 0 Å². The number of furan rings is 1. The van der Waals surface area contributed by atoms with E-state index in [1.807, 2.05) is 60.7 Å². The van der Waals surface area contributed by atoms with Gasteiger partial charge in [-0.1, -0.05) is 18.2 Å². The van der Waals surface area contributed by atoms with Crippen LogP contribution in [0.1, 0.15) is 0 Å². The number of ether oxygens (including phenoxy) is 1. The van der Waals surface area contributed by atoms with Crippen LogP contribution in [-0.2, 0) is 0 Å². The van der Waals surface area contributed by atoms with Gasteiger partial charge in [0, 0.05) is 10.9 Å². The Balaban J connectivity index is 1.80. The van der Waals surface area contributed by atoms with Gasteiger partial charge in [-0.25, -0.2) is 9.97 Å². The van der Waals surface area contributed by atoms with E-state index < -0.39 is 0 Å². The molecule has 0 amide bonds.